The molecule has 1 fully saturated rings. The van der Waals surface area contributed by atoms with Crippen LogP contribution in [-0.4, -0.2) is 17.8 Å². The van der Waals surface area contributed by atoms with Crippen molar-refractivity contribution in [3.05, 3.63) is 56.2 Å². The minimum Gasteiger partial charge on any atom is -0.392 e. The molecule has 3 rings (SSSR count). The first-order valence-electron chi connectivity index (χ1n) is 9.11. The zero-order valence-electron chi connectivity index (χ0n) is 14.6. The zero-order chi connectivity index (χ0) is 18.6. The van der Waals surface area contributed by atoms with E-state index in [2.05, 4.69) is 33.4 Å². The lowest BCUT2D eigenvalue weighted by atomic mass is 9.80. The topological polar surface area (TPSA) is 32.3 Å². The summed E-state index contributed by atoms with van der Waals surface area (Å²) in [6.07, 6.45) is 6.13. The van der Waals surface area contributed by atoms with Gasteiger partial charge >= 0.3 is 0 Å². The van der Waals surface area contributed by atoms with Crippen LogP contribution in [-0.2, 0) is 12.0 Å². The standard InChI is InChI=1S/C20H24BrF2NOS/c21-19-7-6-18(26-19)20(8-2-1-3-9-20)24-13-17(25)5-4-14-10-15(22)12-16(23)11-14/h6-7,10-12,17,24-25H,1-5,8-9,13H2/t17-/m0/s1. The van der Waals surface area contributed by atoms with Crippen LogP contribution in [0.2, 0.25) is 0 Å². The number of nitrogens with one attached hydrogen (secondary N) is 1. The van der Waals surface area contributed by atoms with Gasteiger partial charge in [0.25, 0.3) is 0 Å². The summed E-state index contributed by atoms with van der Waals surface area (Å²) >= 11 is 5.29. The van der Waals surface area contributed by atoms with E-state index in [0.717, 1.165) is 22.7 Å². The van der Waals surface area contributed by atoms with E-state index in [4.69, 9.17) is 0 Å². The fraction of sp³-hybridized carbons (Fsp3) is 0.500. The number of halogens is 3. The molecule has 1 aromatic heterocycles. The third-order valence-corrected chi connectivity index (χ3v) is 6.94. The van der Waals surface area contributed by atoms with Crippen molar-refractivity contribution in [2.45, 2.75) is 56.6 Å². The van der Waals surface area contributed by atoms with Gasteiger partial charge < -0.3 is 10.4 Å². The molecule has 6 heteroatoms. The number of aliphatic hydroxyl groups is 1. The van der Waals surface area contributed by atoms with E-state index in [1.54, 1.807) is 11.3 Å². The molecule has 1 aliphatic carbocycles. The Morgan fingerprint density at radius 1 is 1.12 bits per heavy atom. The monoisotopic (exact) mass is 443 g/mol. The predicted octanol–water partition coefficient (Wildman–Crippen LogP) is 5.53. The molecule has 1 atom stereocenters. The molecule has 0 saturated heterocycles. The molecule has 142 valence electrons. The van der Waals surface area contributed by atoms with Gasteiger partial charge in [0.1, 0.15) is 11.6 Å². The van der Waals surface area contributed by atoms with Gasteiger partial charge in [-0.3, -0.25) is 0 Å². The molecule has 1 aromatic carbocycles. The first-order chi connectivity index (χ1) is 12.5. The molecule has 1 saturated carbocycles. The summed E-state index contributed by atoms with van der Waals surface area (Å²) in [6, 6.07) is 7.76. The van der Waals surface area contributed by atoms with Gasteiger partial charge in [0.15, 0.2) is 0 Å². The molecule has 1 heterocycles. The maximum atomic E-state index is 13.3. The fourth-order valence-electron chi connectivity index (χ4n) is 3.74. The van der Waals surface area contributed by atoms with E-state index in [1.165, 1.54) is 36.3 Å². The number of thiophene rings is 1. The van der Waals surface area contributed by atoms with Crippen LogP contribution in [0.3, 0.4) is 0 Å². The highest BCUT2D eigenvalue weighted by Gasteiger charge is 2.35. The molecule has 0 radical (unpaired) electrons. The lowest BCUT2D eigenvalue weighted by Gasteiger charge is -2.38. The summed E-state index contributed by atoms with van der Waals surface area (Å²) in [4.78, 5) is 1.31. The zero-order valence-corrected chi connectivity index (χ0v) is 17.0. The molecule has 0 unspecified atom stereocenters. The van der Waals surface area contributed by atoms with Crippen LogP contribution in [0.15, 0.2) is 34.1 Å². The molecule has 1 aliphatic rings. The quantitative estimate of drug-likeness (QED) is 0.589. The minimum atomic E-state index is -0.572. The molecule has 2 aromatic rings. The van der Waals surface area contributed by atoms with Gasteiger partial charge in [0, 0.05) is 17.5 Å². The van der Waals surface area contributed by atoms with E-state index in [-0.39, 0.29) is 5.54 Å². The molecule has 0 bridgehead atoms. The Hall–Kier alpha value is -0.820. The average Bonchev–Trinajstić information content (AvgIpc) is 3.05. The van der Waals surface area contributed by atoms with Crippen molar-refractivity contribution in [3.8, 4) is 0 Å². The lowest BCUT2D eigenvalue weighted by Crippen LogP contribution is -2.46. The van der Waals surface area contributed by atoms with Crippen molar-refractivity contribution < 1.29 is 13.9 Å². The maximum Gasteiger partial charge on any atom is 0.126 e. The van der Waals surface area contributed by atoms with Crippen molar-refractivity contribution in [1.82, 2.24) is 5.32 Å². The van der Waals surface area contributed by atoms with Crippen molar-refractivity contribution in [2.24, 2.45) is 0 Å². The van der Waals surface area contributed by atoms with Crippen LogP contribution in [0.4, 0.5) is 8.78 Å². The molecule has 26 heavy (non-hydrogen) atoms. The van der Waals surface area contributed by atoms with Gasteiger partial charge in [-0.25, -0.2) is 8.78 Å². The van der Waals surface area contributed by atoms with Crippen molar-refractivity contribution in [2.75, 3.05) is 6.54 Å². The number of hydrogen-bond donors (Lipinski definition) is 2. The highest BCUT2D eigenvalue weighted by atomic mass is 79.9. The fourth-order valence-corrected chi connectivity index (χ4v) is 5.35. The Labute approximate surface area is 165 Å². The average molecular weight is 444 g/mol. The third-order valence-electron chi connectivity index (χ3n) is 5.12. The van der Waals surface area contributed by atoms with Gasteiger partial charge in [-0.15, -0.1) is 11.3 Å². The van der Waals surface area contributed by atoms with Crippen LogP contribution in [0, 0.1) is 11.6 Å². The second-order valence-corrected chi connectivity index (χ2v) is 9.56. The number of hydrogen-bond acceptors (Lipinski definition) is 3. The van der Waals surface area contributed by atoms with E-state index in [9.17, 15) is 13.9 Å². The SMILES string of the molecule is O[C@@H](CCc1cc(F)cc(F)c1)CNC1(c2ccc(Br)s2)CCCCC1. The summed E-state index contributed by atoms with van der Waals surface area (Å²) in [5, 5.41) is 14.0. The summed E-state index contributed by atoms with van der Waals surface area (Å²) in [5.74, 6) is -1.14. The molecule has 2 N–H and O–H groups in total. The van der Waals surface area contributed by atoms with E-state index in [1.807, 2.05) is 0 Å². The van der Waals surface area contributed by atoms with Gasteiger partial charge in [0.05, 0.1) is 15.4 Å². The Morgan fingerprint density at radius 3 is 2.42 bits per heavy atom. The van der Waals surface area contributed by atoms with Gasteiger partial charge in [-0.05, 0) is 71.4 Å². The largest absolute Gasteiger partial charge is 0.392 e. The third kappa shape index (κ3) is 5.12. The summed E-state index contributed by atoms with van der Waals surface area (Å²) in [6.45, 7) is 0.479. The number of benzene rings is 1. The lowest BCUT2D eigenvalue weighted by molar-refractivity contribution is 0.133. The number of rotatable bonds is 7. The van der Waals surface area contributed by atoms with E-state index >= 15 is 0 Å². The van der Waals surface area contributed by atoms with Gasteiger partial charge in [-0.1, -0.05) is 19.3 Å². The molecular formula is C20H24BrF2NOS. The molecule has 2 nitrogen and oxygen atoms in total. The molecule has 0 amide bonds. The normalized spacial score (nSPS) is 18.0. The summed E-state index contributed by atoms with van der Waals surface area (Å²) in [5.41, 5.74) is 0.511. The van der Waals surface area contributed by atoms with Gasteiger partial charge in [-0.2, -0.15) is 0 Å². The van der Waals surface area contributed by atoms with Crippen LogP contribution in [0.1, 0.15) is 49.0 Å². The summed E-state index contributed by atoms with van der Waals surface area (Å²) in [7, 11) is 0. The molecule has 0 aliphatic heterocycles. The Morgan fingerprint density at radius 2 is 1.81 bits per heavy atom. The summed E-state index contributed by atoms with van der Waals surface area (Å²) < 4.78 is 27.7. The van der Waals surface area contributed by atoms with Crippen molar-refractivity contribution >= 4 is 27.3 Å². The first-order valence-corrected chi connectivity index (χ1v) is 10.7. The highest BCUT2D eigenvalue weighted by Crippen LogP contribution is 2.41. The van der Waals surface area contributed by atoms with E-state index in [0.29, 0.717) is 24.9 Å². The highest BCUT2D eigenvalue weighted by molar-refractivity contribution is 9.11. The Kier molecular flexibility index (Phi) is 6.83. The first kappa shape index (κ1) is 19.9. The minimum absolute atomic E-state index is 0.0686. The Balaban J connectivity index is 1.58. The second-order valence-electron chi connectivity index (χ2n) is 7.10. The van der Waals surface area contributed by atoms with Crippen LogP contribution in [0.25, 0.3) is 0 Å². The maximum absolute atomic E-state index is 13.3. The van der Waals surface area contributed by atoms with Gasteiger partial charge in [0.2, 0.25) is 0 Å². The van der Waals surface area contributed by atoms with Crippen LogP contribution >= 0.6 is 27.3 Å². The number of aliphatic hydroxyl groups excluding tert-OH is 1. The smallest absolute Gasteiger partial charge is 0.126 e. The van der Waals surface area contributed by atoms with E-state index < -0.39 is 17.7 Å². The number of aryl methyl sites for hydroxylation is 1. The Bertz CT molecular complexity index is 710. The van der Waals surface area contributed by atoms with Crippen molar-refractivity contribution in [1.29, 1.82) is 0 Å². The predicted molar refractivity (Wildman–Crippen MR) is 105 cm³/mol. The van der Waals surface area contributed by atoms with Crippen LogP contribution < -0.4 is 5.32 Å². The van der Waals surface area contributed by atoms with Crippen LogP contribution in [0.5, 0.6) is 0 Å². The molecule has 0 spiro atoms. The van der Waals surface area contributed by atoms with Crippen molar-refractivity contribution in [3.63, 3.8) is 0 Å². The second kappa shape index (κ2) is 8.91. The molecular weight excluding hydrogens is 420 g/mol.